The lowest BCUT2D eigenvalue weighted by atomic mass is 10.0. The summed E-state index contributed by atoms with van der Waals surface area (Å²) in [5.74, 6) is 0.385. The van der Waals surface area contributed by atoms with Crippen LogP contribution in [0.2, 0.25) is 0 Å². The van der Waals surface area contributed by atoms with E-state index in [0.717, 1.165) is 23.3 Å². The highest BCUT2D eigenvalue weighted by Crippen LogP contribution is 2.29. The molecule has 37 heavy (non-hydrogen) atoms. The minimum Gasteiger partial charge on any atom is -0.497 e. The maximum absolute atomic E-state index is 13.5. The van der Waals surface area contributed by atoms with E-state index in [0.29, 0.717) is 15.7 Å². The number of nitrogens with zero attached hydrogens (tertiary/aromatic N) is 3. The number of carbonyl (C=O) groups excluding carboxylic acids is 2. The van der Waals surface area contributed by atoms with Crippen molar-refractivity contribution in [3.8, 4) is 16.3 Å². The van der Waals surface area contributed by atoms with Crippen LogP contribution in [0.3, 0.4) is 0 Å². The molecule has 0 bridgehead atoms. The summed E-state index contributed by atoms with van der Waals surface area (Å²) in [5.41, 5.74) is 3.64. The molecule has 4 rings (SSSR count). The van der Waals surface area contributed by atoms with Crippen LogP contribution in [0, 0.1) is 0 Å². The van der Waals surface area contributed by atoms with Gasteiger partial charge < -0.3 is 15.0 Å². The molecule has 1 aromatic heterocycles. The molecule has 1 heterocycles. The Morgan fingerprint density at radius 2 is 1.76 bits per heavy atom. The molecule has 4 aromatic rings. The van der Waals surface area contributed by atoms with Crippen molar-refractivity contribution in [2.75, 3.05) is 19.0 Å². The average molecular weight is 515 g/mol. The zero-order valence-corrected chi connectivity index (χ0v) is 22.0. The Balaban J connectivity index is 1.45. The van der Waals surface area contributed by atoms with Gasteiger partial charge in [0.15, 0.2) is 0 Å². The molecular weight excluding hydrogens is 484 g/mol. The first-order valence-corrected chi connectivity index (χ1v) is 13.0. The van der Waals surface area contributed by atoms with E-state index in [-0.39, 0.29) is 30.8 Å². The van der Waals surface area contributed by atoms with Crippen molar-refractivity contribution in [2.24, 2.45) is 0 Å². The molecule has 0 radical (unpaired) electrons. The molecule has 1 unspecified atom stereocenters. The number of aromatic nitrogens is 2. The van der Waals surface area contributed by atoms with Crippen LogP contribution in [0.25, 0.3) is 10.6 Å². The van der Waals surface area contributed by atoms with Crippen molar-refractivity contribution in [1.29, 1.82) is 0 Å². The number of rotatable bonds is 10. The fourth-order valence-electron chi connectivity index (χ4n) is 3.98. The average Bonchev–Trinajstić information content (AvgIpc) is 3.41. The third kappa shape index (κ3) is 6.59. The van der Waals surface area contributed by atoms with Gasteiger partial charge in [-0.05, 0) is 48.7 Å². The number of amides is 2. The zero-order chi connectivity index (χ0) is 26.2. The third-order valence-electron chi connectivity index (χ3n) is 6.19. The predicted molar refractivity (Wildman–Crippen MR) is 147 cm³/mol. The zero-order valence-electron chi connectivity index (χ0n) is 21.2. The number of hydrogen-bond acceptors (Lipinski definition) is 6. The predicted octanol–water partition coefficient (Wildman–Crippen LogP) is 6.01. The van der Waals surface area contributed by atoms with Crippen LogP contribution >= 0.6 is 11.3 Å². The largest absolute Gasteiger partial charge is 0.497 e. The van der Waals surface area contributed by atoms with E-state index >= 15 is 0 Å². The number of aryl methyl sites for hydroxylation is 1. The highest BCUT2D eigenvalue weighted by atomic mass is 32.1. The second-order valence-electron chi connectivity index (χ2n) is 8.58. The van der Waals surface area contributed by atoms with Gasteiger partial charge in [0, 0.05) is 24.1 Å². The number of nitrogens with one attached hydrogen (secondary N) is 1. The van der Waals surface area contributed by atoms with Gasteiger partial charge in [0.25, 0.3) is 5.91 Å². The van der Waals surface area contributed by atoms with Crippen LogP contribution in [-0.4, -0.2) is 40.6 Å². The molecular formula is C29H30N4O3S. The van der Waals surface area contributed by atoms with Crippen LogP contribution in [0.5, 0.6) is 5.75 Å². The van der Waals surface area contributed by atoms with Gasteiger partial charge in [-0.2, -0.15) is 0 Å². The summed E-state index contributed by atoms with van der Waals surface area (Å²) in [5, 5.41) is 12.2. The molecule has 1 atom stereocenters. The van der Waals surface area contributed by atoms with E-state index in [1.807, 2.05) is 85.8 Å². The van der Waals surface area contributed by atoms with Crippen molar-refractivity contribution in [3.63, 3.8) is 0 Å². The Hall–Kier alpha value is -4.04. The number of hydrogen-bond donors (Lipinski definition) is 1. The number of anilines is 1. The van der Waals surface area contributed by atoms with Crippen LogP contribution in [-0.2, 0) is 11.2 Å². The van der Waals surface area contributed by atoms with Crippen LogP contribution in [0.4, 0.5) is 5.13 Å². The van der Waals surface area contributed by atoms with E-state index in [9.17, 15) is 9.59 Å². The Kier molecular flexibility index (Phi) is 8.64. The minimum absolute atomic E-state index is 0.108. The summed E-state index contributed by atoms with van der Waals surface area (Å²) in [7, 11) is 1.61. The highest BCUT2D eigenvalue weighted by Gasteiger charge is 2.24. The van der Waals surface area contributed by atoms with Gasteiger partial charge in [-0.1, -0.05) is 72.9 Å². The quantitative estimate of drug-likeness (QED) is 0.280. The molecule has 3 aromatic carbocycles. The lowest BCUT2D eigenvalue weighted by molar-refractivity contribution is -0.116. The Labute approximate surface area is 221 Å². The van der Waals surface area contributed by atoms with Gasteiger partial charge in [0.1, 0.15) is 10.8 Å². The van der Waals surface area contributed by atoms with E-state index in [4.69, 9.17) is 4.74 Å². The first kappa shape index (κ1) is 26.0. The van der Waals surface area contributed by atoms with Crippen molar-refractivity contribution < 1.29 is 14.3 Å². The summed E-state index contributed by atoms with van der Waals surface area (Å²) in [6.45, 7) is 4.32. The lowest BCUT2D eigenvalue weighted by Crippen LogP contribution is -2.36. The van der Waals surface area contributed by atoms with E-state index in [2.05, 4.69) is 22.4 Å². The maximum atomic E-state index is 13.5. The molecule has 0 saturated carbocycles. The lowest BCUT2D eigenvalue weighted by Gasteiger charge is -2.30. The van der Waals surface area contributed by atoms with E-state index in [1.165, 1.54) is 16.9 Å². The second kappa shape index (κ2) is 12.3. The number of benzene rings is 3. The normalized spacial score (nSPS) is 11.5. The van der Waals surface area contributed by atoms with Crippen molar-refractivity contribution >= 4 is 28.3 Å². The summed E-state index contributed by atoms with van der Waals surface area (Å²) < 4.78 is 5.27. The maximum Gasteiger partial charge on any atom is 0.254 e. The monoisotopic (exact) mass is 514 g/mol. The molecule has 8 heteroatoms. The van der Waals surface area contributed by atoms with Crippen LogP contribution in [0.15, 0.2) is 78.9 Å². The molecule has 7 nitrogen and oxygen atoms in total. The Morgan fingerprint density at radius 3 is 2.46 bits per heavy atom. The fourth-order valence-corrected chi connectivity index (χ4v) is 4.74. The molecule has 0 aliphatic heterocycles. The molecule has 1 N–H and O–H groups in total. The Bertz CT molecular complexity index is 1340. The molecule has 0 aliphatic rings. The summed E-state index contributed by atoms with van der Waals surface area (Å²) in [6, 6.07) is 24.8. The van der Waals surface area contributed by atoms with Crippen LogP contribution in [0.1, 0.15) is 47.8 Å². The molecule has 0 saturated heterocycles. The number of carbonyl (C=O) groups is 2. The van der Waals surface area contributed by atoms with Crippen molar-refractivity contribution in [3.05, 3.63) is 95.6 Å². The van der Waals surface area contributed by atoms with Gasteiger partial charge in [0.2, 0.25) is 11.0 Å². The van der Waals surface area contributed by atoms with Gasteiger partial charge in [-0.15, -0.1) is 10.2 Å². The molecule has 0 spiro atoms. The molecule has 2 amide bonds. The summed E-state index contributed by atoms with van der Waals surface area (Å²) in [6.07, 6.45) is 1.04. The summed E-state index contributed by atoms with van der Waals surface area (Å²) >= 11 is 1.29. The minimum atomic E-state index is -0.229. The Morgan fingerprint density at radius 1 is 1.00 bits per heavy atom. The van der Waals surface area contributed by atoms with E-state index in [1.54, 1.807) is 12.0 Å². The standard InChI is InChI=1S/C29H30N4O3S/c1-4-21-13-15-23(16-14-21)28(35)33(20(2)22-9-6-5-7-10-22)18-17-26(34)30-29-32-31-27(37-29)24-11-8-12-25(19-24)36-3/h5-16,19-20H,4,17-18H2,1-3H3,(H,30,32,34). The fraction of sp³-hybridized carbons (Fsp3) is 0.241. The van der Waals surface area contributed by atoms with Crippen molar-refractivity contribution in [2.45, 2.75) is 32.7 Å². The van der Waals surface area contributed by atoms with E-state index < -0.39 is 0 Å². The van der Waals surface area contributed by atoms with Gasteiger partial charge >= 0.3 is 0 Å². The van der Waals surface area contributed by atoms with Gasteiger partial charge in [-0.25, -0.2) is 0 Å². The summed E-state index contributed by atoms with van der Waals surface area (Å²) in [4.78, 5) is 28.1. The topological polar surface area (TPSA) is 84.4 Å². The number of methoxy groups -OCH3 is 1. The van der Waals surface area contributed by atoms with Gasteiger partial charge in [-0.3, -0.25) is 9.59 Å². The molecule has 190 valence electrons. The first-order chi connectivity index (χ1) is 18.0. The highest BCUT2D eigenvalue weighted by molar-refractivity contribution is 7.18. The SMILES string of the molecule is CCc1ccc(C(=O)N(CCC(=O)Nc2nnc(-c3cccc(OC)c3)s2)C(C)c2ccccc2)cc1. The molecule has 0 fully saturated rings. The number of ether oxygens (including phenoxy) is 1. The smallest absolute Gasteiger partial charge is 0.254 e. The second-order valence-corrected chi connectivity index (χ2v) is 9.56. The van der Waals surface area contributed by atoms with Gasteiger partial charge in [0.05, 0.1) is 13.2 Å². The molecule has 0 aliphatic carbocycles. The van der Waals surface area contributed by atoms with Crippen molar-refractivity contribution in [1.82, 2.24) is 15.1 Å². The first-order valence-electron chi connectivity index (χ1n) is 12.2. The third-order valence-corrected chi connectivity index (χ3v) is 7.08. The van der Waals surface area contributed by atoms with Crippen LogP contribution < -0.4 is 10.1 Å².